The van der Waals surface area contributed by atoms with Crippen LogP contribution in [0.2, 0.25) is 0 Å². The third kappa shape index (κ3) is 5.78. The summed E-state index contributed by atoms with van der Waals surface area (Å²) in [5.74, 6) is 2.67. The predicted molar refractivity (Wildman–Crippen MR) is 139 cm³/mol. The lowest BCUT2D eigenvalue weighted by atomic mass is 10.1. The van der Waals surface area contributed by atoms with Gasteiger partial charge in [0.1, 0.15) is 23.2 Å². The van der Waals surface area contributed by atoms with Gasteiger partial charge in [-0.05, 0) is 62.7 Å². The molecular formula is C27H30N8. The Hall–Kier alpha value is -3.91. The van der Waals surface area contributed by atoms with Crippen LogP contribution in [0, 0.1) is 6.92 Å². The molecule has 8 heteroatoms. The van der Waals surface area contributed by atoms with Crippen molar-refractivity contribution in [2.75, 3.05) is 23.3 Å². The minimum absolute atomic E-state index is 0.487. The minimum Gasteiger partial charge on any atom is -0.368 e. The van der Waals surface area contributed by atoms with Crippen LogP contribution >= 0.6 is 0 Å². The van der Waals surface area contributed by atoms with Gasteiger partial charge in [-0.3, -0.25) is 0 Å². The molecule has 0 saturated carbocycles. The number of rotatable bonds is 6. The van der Waals surface area contributed by atoms with Gasteiger partial charge in [0.2, 0.25) is 0 Å². The highest BCUT2D eigenvalue weighted by Crippen LogP contribution is 2.21. The van der Waals surface area contributed by atoms with Gasteiger partial charge in [0.05, 0.1) is 0 Å². The van der Waals surface area contributed by atoms with E-state index in [0.717, 1.165) is 30.3 Å². The second-order valence-electron chi connectivity index (χ2n) is 9.13. The number of hydrogen-bond donors (Lipinski definition) is 2. The number of benzene rings is 1. The third-order valence-electron chi connectivity index (χ3n) is 5.96. The van der Waals surface area contributed by atoms with Crippen LogP contribution in [0.15, 0.2) is 67.0 Å². The van der Waals surface area contributed by atoms with Crippen molar-refractivity contribution in [2.24, 2.45) is 0 Å². The average molecular weight is 467 g/mol. The monoisotopic (exact) mass is 466 g/mol. The molecule has 4 heterocycles. The van der Waals surface area contributed by atoms with Gasteiger partial charge in [-0.25, -0.2) is 24.9 Å². The van der Waals surface area contributed by atoms with E-state index < -0.39 is 0 Å². The zero-order chi connectivity index (χ0) is 24.2. The highest BCUT2D eigenvalue weighted by Gasteiger charge is 2.21. The Morgan fingerprint density at radius 2 is 1.57 bits per heavy atom. The van der Waals surface area contributed by atoms with Crippen molar-refractivity contribution < 1.29 is 0 Å². The van der Waals surface area contributed by atoms with Crippen molar-refractivity contribution in [3.8, 4) is 11.5 Å². The summed E-state index contributed by atoms with van der Waals surface area (Å²) in [6.45, 7) is 8.46. The van der Waals surface area contributed by atoms with Crippen molar-refractivity contribution >= 4 is 17.3 Å². The fourth-order valence-corrected chi connectivity index (χ4v) is 4.45. The van der Waals surface area contributed by atoms with Crippen LogP contribution in [-0.2, 0) is 6.42 Å². The van der Waals surface area contributed by atoms with Crippen LogP contribution in [0.5, 0.6) is 0 Å². The molecule has 0 aliphatic carbocycles. The summed E-state index contributed by atoms with van der Waals surface area (Å²) in [5, 5.41) is 6.86. The largest absolute Gasteiger partial charge is 0.368 e. The maximum absolute atomic E-state index is 4.70. The molecule has 2 N–H and O–H groups in total. The number of nitrogens with zero attached hydrogens (tertiary/aromatic N) is 6. The SMILES string of the molecule is Cc1cccc(-c2nccc(Nc3ccnc(Cc4ccc(N5C[C@@H](C)N[C@@H](C)C5)cc4)n3)n2)n1. The molecule has 3 aromatic heterocycles. The molecule has 0 unspecified atom stereocenters. The Bertz CT molecular complexity index is 1280. The number of aryl methyl sites for hydroxylation is 1. The number of hydrogen-bond acceptors (Lipinski definition) is 8. The topological polar surface area (TPSA) is 91.8 Å². The molecule has 35 heavy (non-hydrogen) atoms. The van der Waals surface area contributed by atoms with Crippen molar-refractivity contribution in [3.63, 3.8) is 0 Å². The molecule has 0 spiro atoms. The number of nitrogens with one attached hydrogen (secondary N) is 2. The van der Waals surface area contributed by atoms with E-state index in [9.17, 15) is 0 Å². The van der Waals surface area contributed by atoms with E-state index in [2.05, 4.69) is 73.6 Å². The van der Waals surface area contributed by atoms with E-state index in [1.165, 1.54) is 11.3 Å². The summed E-state index contributed by atoms with van der Waals surface area (Å²) in [4.78, 5) is 25.1. The lowest BCUT2D eigenvalue weighted by molar-refractivity contribution is 0.407. The third-order valence-corrected chi connectivity index (χ3v) is 5.96. The summed E-state index contributed by atoms with van der Waals surface area (Å²) >= 11 is 0. The minimum atomic E-state index is 0.487. The first-order valence-electron chi connectivity index (χ1n) is 12.0. The first-order valence-corrected chi connectivity index (χ1v) is 12.0. The van der Waals surface area contributed by atoms with Crippen LogP contribution < -0.4 is 15.5 Å². The molecule has 1 aliphatic heterocycles. The molecule has 178 valence electrons. The van der Waals surface area contributed by atoms with Crippen molar-refractivity contribution in [1.29, 1.82) is 0 Å². The average Bonchev–Trinajstić information content (AvgIpc) is 2.84. The van der Waals surface area contributed by atoms with Gasteiger partial charge in [-0.2, -0.15) is 0 Å². The Morgan fingerprint density at radius 3 is 2.31 bits per heavy atom. The van der Waals surface area contributed by atoms with Crippen LogP contribution in [0.1, 0.15) is 30.9 Å². The lowest BCUT2D eigenvalue weighted by Gasteiger charge is -2.37. The Balaban J connectivity index is 1.26. The number of pyridine rings is 1. The smallest absolute Gasteiger partial charge is 0.180 e. The normalized spacial score (nSPS) is 17.9. The fourth-order valence-electron chi connectivity index (χ4n) is 4.45. The van der Waals surface area contributed by atoms with E-state index in [1.54, 1.807) is 12.4 Å². The Labute approximate surface area is 205 Å². The van der Waals surface area contributed by atoms with Gasteiger partial charge in [-0.1, -0.05) is 18.2 Å². The van der Waals surface area contributed by atoms with Crippen molar-refractivity contribution in [1.82, 2.24) is 30.2 Å². The Kier molecular flexibility index (Phi) is 6.63. The number of piperazine rings is 1. The molecule has 0 radical (unpaired) electrons. The first kappa shape index (κ1) is 22.9. The summed E-state index contributed by atoms with van der Waals surface area (Å²) in [6.07, 6.45) is 4.15. The highest BCUT2D eigenvalue weighted by molar-refractivity contribution is 5.56. The lowest BCUT2D eigenvalue weighted by Crippen LogP contribution is -2.54. The van der Waals surface area contributed by atoms with Crippen LogP contribution in [0.4, 0.5) is 17.3 Å². The Morgan fingerprint density at radius 1 is 0.857 bits per heavy atom. The molecule has 5 rings (SSSR count). The van der Waals surface area contributed by atoms with Gasteiger partial charge in [0.15, 0.2) is 5.82 Å². The van der Waals surface area contributed by atoms with Gasteiger partial charge < -0.3 is 15.5 Å². The van der Waals surface area contributed by atoms with E-state index >= 15 is 0 Å². The maximum atomic E-state index is 4.70. The molecular weight excluding hydrogens is 436 g/mol. The molecule has 1 aromatic carbocycles. The van der Waals surface area contributed by atoms with Crippen LogP contribution in [0.3, 0.4) is 0 Å². The highest BCUT2D eigenvalue weighted by atomic mass is 15.2. The first-order chi connectivity index (χ1) is 17.0. The van der Waals surface area contributed by atoms with Gasteiger partial charge in [0, 0.05) is 55.4 Å². The van der Waals surface area contributed by atoms with E-state index in [-0.39, 0.29) is 0 Å². The quantitative estimate of drug-likeness (QED) is 0.438. The van der Waals surface area contributed by atoms with Crippen LogP contribution in [-0.4, -0.2) is 50.1 Å². The van der Waals surface area contributed by atoms with Gasteiger partial charge in [0.25, 0.3) is 0 Å². The van der Waals surface area contributed by atoms with E-state index in [0.29, 0.717) is 36.0 Å². The molecule has 0 amide bonds. The van der Waals surface area contributed by atoms with Gasteiger partial charge >= 0.3 is 0 Å². The molecule has 1 fully saturated rings. The summed E-state index contributed by atoms with van der Waals surface area (Å²) in [7, 11) is 0. The van der Waals surface area contributed by atoms with Crippen molar-refractivity contribution in [2.45, 2.75) is 39.3 Å². The summed E-state index contributed by atoms with van der Waals surface area (Å²) < 4.78 is 0. The zero-order valence-corrected chi connectivity index (χ0v) is 20.3. The second kappa shape index (κ2) is 10.1. The summed E-state index contributed by atoms with van der Waals surface area (Å²) in [5.41, 5.74) is 4.10. The van der Waals surface area contributed by atoms with E-state index in [1.807, 2.05) is 37.3 Å². The van der Waals surface area contributed by atoms with Crippen LogP contribution in [0.25, 0.3) is 11.5 Å². The summed E-state index contributed by atoms with van der Waals surface area (Å²) in [6, 6.07) is 19.2. The standard InChI is InChI=1S/C27H30N8/c1-18-5-4-6-23(31-18)27-29-14-12-25(34-27)32-24-11-13-28-26(33-24)15-21-7-9-22(10-8-21)35-16-19(2)30-20(3)17-35/h4-14,19-20,30H,15-17H2,1-3H3,(H,28,29,32,33,34)/t19-,20+. The van der Waals surface area contributed by atoms with E-state index in [4.69, 9.17) is 4.98 Å². The number of anilines is 3. The van der Waals surface area contributed by atoms with Gasteiger partial charge in [-0.15, -0.1) is 0 Å². The number of aromatic nitrogens is 5. The zero-order valence-electron chi connectivity index (χ0n) is 20.3. The second-order valence-corrected chi connectivity index (χ2v) is 9.13. The molecule has 0 bridgehead atoms. The van der Waals surface area contributed by atoms with Crippen molar-refractivity contribution in [3.05, 3.63) is 84.1 Å². The maximum Gasteiger partial charge on any atom is 0.180 e. The molecule has 2 atom stereocenters. The molecule has 8 nitrogen and oxygen atoms in total. The molecule has 1 saturated heterocycles. The predicted octanol–water partition coefficient (Wildman–Crippen LogP) is 4.16. The molecule has 1 aliphatic rings. The molecule has 4 aromatic rings. The fraction of sp³-hybridized carbons (Fsp3) is 0.296.